The first kappa shape index (κ1) is 28.3. The monoisotopic (exact) mass is 428 g/mol. The Hall–Kier alpha value is -0.720. The van der Waals surface area contributed by atoms with Gasteiger partial charge in [0.2, 0.25) is 0 Å². The van der Waals surface area contributed by atoms with Crippen LogP contribution in [0.2, 0.25) is 0 Å². The molecule has 1 heterocycles. The number of hydrogen-bond donors (Lipinski definition) is 0. The predicted molar refractivity (Wildman–Crippen MR) is 121 cm³/mol. The average molecular weight is 429 g/mol. The van der Waals surface area contributed by atoms with Crippen molar-refractivity contribution in [2.24, 2.45) is 0 Å². The quantitative estimate of drug-likeness (QED) is 0.223. The second kappa shape index (κ2) is 19.3. The smallest absolute Gasteiger partial charge is 0.266 e. The van der Waals surface area contributed by atoms with Crippen LogP contribution in [0.25, 0.3) is 0 Å². The van der Waals surface area contributed by atoms with Gasteiger partial charge >= 0.3 is 0 Å². The summed E-state index contributed by atoms with van der Waals surface area (Å²) >= 11 is 0. The van der Waals surface area contributed by atoms with Crippen LogP contribution in [-0.2, 0) is 14.3 Å². The molecule has 0 N–H and O–H groups in total. The fraction of sp³-hybridized carbons (Fsp3) is 0.522. The van der Waals surface area contributed by atoms with E-state index in [-0.39, 0.29) is 41.1 Å². The van der Waals surface area contributed by atoms with Gasteiger partial charge in [0.05, 0.1) is 11.5 Å². The molecule has 2 rings (SSSR count). The maximum atomic E-state index is 11.9. The molecule has 1 aromatic carbocycles. The van der Waals surface area contributed by atoms with Crippen LogP contribution >= 0.6 is 0 Å². The average Bonchev–Trinajstić information content (AvgIpc) is 2.74. The maximum absolute atomic E-state index is 11.9. The van der Waals surface area contributed by atoms with Crippen molar-refractivity contribution in [3.8, 4) is 0 Å². The molecule has 0 unspecified atom stereocenters. The number of hydrogen-bond acceptors (Lipinski definition) is 4. The molecule has 0 bridgehead atoms. The van der Waals surface area contributed by atoms with Gasteiger partial charge in [0.25, 0.3) is 10.1 Å². The van der Waals surface area contributed by atoms with Crippen molar-refractivity contribution < 1.29 is 12.6 Å². The summed E-state index contributed by atoms with van der Waals surface area (Å²) < 4.78 is 28.8. The van der Waals surface area contributed by atoms with E-state index in [2.05, 4.69) is 11.9 Å². The second-order valence-corrected chi connectivity index (χ2v) is 8.41. The van der Waals surface area contributed by atoms with Gasteiger partial charge in [-0.2, -0.15) is 8.42 Å². The van der Waals surface area contributed by atoms with Gasteiger partial charge in [-0.25, -0.2) is 0 Å². The van der Waals surface area contributed by atoms with Crippen LogP contribution in [0.15, 0.2) is 65.8 Å². The van der Waals surface area contributed by atoms with Crippen LogP contribution in [0, 0.1) is 0 Å². The Morgan fingerprint density at radius 2 is 1.21 bits per heavy atom. The van der Waals surface area contributed by atoms with Crippen molar-refractivity contribution in [1.82, 2.24) is 4.98 Å². The molecule has 1 radical (unpaired) electrons. The van der Waals surface area contributed by atoms with Crippen LogP contribution in [0.1, 0.15) is 71.1 Å². The van der Waals surface area contributed by atoms with E-state index in [0.29, 0.717) is 0 Å². The van der Waals surface area contributed by atoms with E-state index in [9.17, 15) is 8.42 Å². The first-order valence-corrected chi connectivity index (χ1v) is 11.9. The maximum Gasteiger partial charge on any atom is 0.296 e. The Kier molecular flexibility index (Phi) is 18.8. The minimum absolute atomic E-state index is 0. The number of benzene rings is 1. The summed E-state index contributed by atoms with van der Waals surface area (Å²) in [4.78, 5) is 4.02. The number of pyridine rings is 1. The van der Waals surface area contributed by atoms with E-state index in [1.807, 2.05) is 18.2 Å². The van der Waals surface area contributed by atoms with Crippen LogP contribution in [0.3, 0.4) is 0 Å². The number of rotatable bonds is 13. The van der Waals surface area contributed by atoms with Crippen molar-refractivity contribution in [2.45, 2.75) is 76.0 Å². The summed E-state index contributed by atoms with van der Waals surface area (Å²) in [6, 6.07) is 14.0. The molecule has 0 spiro atoms. The van der Waals surface area contributed by atoms with Gasteiger partial charge in [0.1, 0.15) is 0 Å². The molecule has 4 nitrogen and oxygen atoms in total. The summed E-state index contributed by atoms with van der Waals surface area (Å²) in [6.07, 6.45) is 15.8. The number of unbranched alkanes of at least 4 members (excludes halogenated alkanes) is 9. The van der Waals surface area contributed by atoms with Crippen molar-refractivity contribution in [3.63, 3.8) is 0 Å². The van der Waals surface area contributed by atoms with Gasteiger partial charge < -0.3 is 0 Å². The van der Waals surface area contributed by atoms with Gasteiger partial charge in [0, 0.05) is 42.0 Å². The molecule has 0 saturated heterocycles. The SMILES string of the molecule is CCCCCCCCCCCCOS(=O)(=O)c1ccccc1.[Na].c1ccncc1. The standard InChI is InChI=1S/C18H30O3S.C5H5N.Na/c1-2-3-4-5-6-7-8-9-10-14-17-21-22(19,20)18-15-12-11-13-16-18;1-2-4-6-5-3-1;/h11-13,15-16H,2-10,14,17H2,1H3;1-5H;. The van der Waals surface area contributed by atoms with E-state index < -0.39 is 10.1 Å². The van der Waals surface area contributed by atoms with E-state index in [0.717, 1.165) is 12.8 Å². The molecule has 29 heavy (non-hydrogen) atoms. The topological polar surface area (TPSA) is 56.3 Å². The molecule has 0 aliphatic rings. The van der Waals surface area contributed by atoms with Crippen molar-refractivity contribution >= 4 is 39.7 Å². The van der Waals surface area contributed by atoms with E-state index in [1.54, 1.807) is 42.7 Å². The Bertz CT molecular complexity index is 655. The Balaban J connectivity index is 0.000000953. The third-order valence-corrected chi connectivity index (χ3v) is 5.66. The zero-order valence-corrected chi connectivity index (χ0v) is 20.9. The Morgan fingerprint density at radius 1 is 0.724 bits per heavy atom. The van der Waals surface area contributed by atoms with Crippen LogP contribution < -0.4 is 0 Å². The minimum Gasteiger partial charge on any atom is -0.266 e. The van der Waals surface area contributed by atoms with E-state index in [1.165, 1.54) is 51.4 Å². The van der Waals surface area contributed by atoms with Crippen LogP contribution in [0.4, 0.5) is 0 Å². The molecule has 0 atom stereocenters. The molecular weight excluding hydrogens is 393 g/mol. The normalized spacial score (nSPS) is 10.5. The van der Waals surface area contributed by atoms with Gasteiger partial charge in [-0.3, -0.25) is 9.17 Å². The molecular formula is C23H35NNaO3S. The summed E-state index contributed by atoms with van der Waals surface area (Å²) in [5.41, 5.74) is 0. The largest absolute Gasteiger partial charge is 0.296 e. The molecule has 157 valence electrons. The van der Waals surface area contributed by atoms with Gasteiger partial charge in [-0.05, 0) is 30.7 Å². The first-order chi connectivity index (χ1) is 13.7. The summed E-state index contributed by atoms with van der Waals surface area (Å²) in [5.74, 6) is 0. The van der Waals surface area contributed by atoms with Gasteiger partial charge in [0.15, 0.2) is 0 Å². The zero-order chi connectivity index (χ0) is 20.3. The predicted octanol–water partition coefficient (Wildman–Crippen LogP) is 6.01. The summed E-state index contributed by atoms with van der Waals surface area (Å²) in [6.45, 7) is 2.52. The number of aromatic nitrogens is 1. The van der Waals surface area contributed by atoms with Crippen molar-refractivity contribution in [1.29, 1.82) is 0 Å². The molecule has 0 aliphatic carbocycles. The fourth-order valence-electron chi connectivity index (χ4n) is 2.73. The van der Waals surface area contributed by atoms with E-state index >= 15 is 0 Å². The van der Waals surface area contributed by atoms with E-state index in [4.69, 9.17) is 4.18 Å². The second-order valence-electron chi connectivity index (χ2n) is 6.80. The fourth-order valence-corrected chi connectivity index (χ4v) is 3.69. The van der Waals surface area contributed by atoms with Crippen LogP contribution in [-0.4, -0.2) is 49.6 Å². The number of nitrogens with zero attached hydrogens (tertiary/aromatic N) is 1. The molecule has 0 aliphatic heterocycles. The molecule has 0 saturated carbocycles. The van der Waals surface area contributed by atoms with Crippen molar-refractivity contribution in [3.05, 3.63) is 60.9 Å². The van der Waals surface area contributed by atoms with Gasteiger partial charge in [-0.15, -0.1) is 0 Å². The summed E-state index contributed by atoms with van der Waals surface area (Å²) in [7, 11) is -3.57. The molecule has 2 aromatic rings. The molecule has 1 aromatic heterocycles. The third kappa shape index (κ3) is 15.7. The molecule has 0 fully saturated rings. The molecule has 0 amide bonds. The Labute approximate surface area is 199 Å². The zero-order valence-electron chi connectivity index (χ0n) is 18.1. The Morgan fingerprint density at radius 3 is 1.66 bits per heavy atom. The minimum atomic E-state index is -3.57. The summed E-state index contributed by atoms with van der Waals surface area (Å²) in [5, 5.41) is 0. The first-order valence-electron chi connectivity index (χ1n) is 10.5. The molecule has 6 heteroatoms. The van der Waals surface area contributed by atoms with Gasteiger partial charge in [-0.1, -0.05) is 89.0 Å². The van der Waals surface area contributed by atoms with Crippen molar-refractivity contribution in [2.75, 3.05) is 6.61 Å². The third-order valence-electron chi connectivity index (χ3n) is 4.33. The van der Waals surface area contributed by atoms with Crippen LogP contribution in [0.5, 0.6) is 0 Å².